The van der Waals surface area contributed by atoms with Crippen molar-refractivity contribution >= 4 is 11.6 Å². The van der Waals surface area contributed by atoms with Crippen LogP contribution in [0.4, 0.5) is 5.69 Å². The number of ether oxygens (including phenoxy) is 2. The predicted molar refractivity (Wildman–Crippen MR) is 76.1 cm³/mol. The van der Waals surface area contributed by atoms with Crippen LogP contribution >= 0.6 is 0 Å². The van der Waals surface area contributed by atoms with Gasteiger partial charge in [0.1, 0.15) is 5.75 Å². The fraction of sp³-hybridized carbons (Fsp3) is 0.533. The second-order valence-electron chi connectivity index (χ2n) is 5.23. The number of methoxy groups -OCH3 is 1. The van der Waals surface area contributed by atoms with Crippen molar-refractivity contribution in [2.24, 2.45) is 0 Å². The Balaban J connectivity index is 1.69. The molecule has 0 saturated carbocycles. The van der Waals surface area contributed by atoms with Crippen molar-refractivity contribution in [1.82, 2.24) is 4.90 Å². The highest BCUT2D eigenvalue weighted by atomic mass is 16.5. The first-order valence-corrected chi connectivity index (χ1v) is 7.04. The molecule has 5 heteroatoms. The van der Waals surface area contributed by atoms with Crippen molar-refractivity contribution in [2.75, 3.05) is 44.9 Å². The molecule has 2 aliphatic heterocycles. The molecule has 0 unspecified atom stereocenters. The van der Waals surface area contributed by atoms with Crippen LogP contribution in [0.25, 0.3) is 0 Å². The Morgan fingerprint density at radius 3 is 2.95 bits per heavy atom. The Kier molecular flexibility index (Phi) is 3.89. The molecule has 0 N–H and O–H groups in total. The first-order chi connectivity index (χ1) is 9.78. The minimum Gasteiger partial charge on any atom is -0.497 e. The summed E-state index contributed by atoms with van der Waals surface area (Å²) in [7, 11) is 1.64. The lowest BCUT2D eigenvalue weighted by atomic mass is 10.1. The molecule has 1 amide bonds. The Morgan fingerprint density at radius 2 is 2.25 bits per heavy atom. The molecule has 1 aromatic rings. The maximum absolute atomic E-state index is 12.4. The molecule has 5 nitrogen and oxygen atoms in total. The average molecular weight is 276 g/mol. The molecular weight excluding hydrogens is 256 g/mol. The number of hydrogen-bond acceptors (Lipinski definition) is 4. The number of benzene rings is 1. The minimum atomic E-state index is 0.149. The summed E-state index contributed by atoms with van der Waals surface area (Å²) in [6.45, 7) is 3.67. The van der Waals surface area contributed by atoms with Gasteiger partial charge < -0.3 is 14.4 Å². The first-order valence-electron chi connectivity index (χ1n) is 7.04. The number of nitrogens with zero attached hydrogens (tertiary/aromatic N) is 2. The minimum absolute atomic E-state index is 0.149. The van der Waals surface area contributed by atoms with E-state index < -0.39 is 0 Å². The molecule has 0 aromatic heterocycles. The largest absolute Gasteiger partial charge is 0.497 e. The van der Waals surface area contributed by atoms with Gasteiger partial charge in [-0.15, -0.1) is 0 Å². The van der Waals surface area contributed by atoms with Gasteiger partial charge >= 0.3 is 0 Å². The van der Waals surface area contributed by atoms with E-state index in [4.69, 9.17) is 9.47 Å². The van der Waals surface area contributed by atoms with E-state index in [1.165, 1.54) is 0 Å². The summed E-state index contributed by atoms with van der Waals surface area (Å²) in [6, 6.07) is 8.08. The van der Waals surface area contributed by atoms with E-state index in [1.807, 2.05) is 29.2 Å². The van der Waals surface area contributed by atoms with Crippen molar-refractivity contribution in [3.63, 3.8) is 0 Å². The smallest absolute Gasteiger partial charge is 0.241 e. The van der Waals surface area contributed by atoms with Crippen LogP contribution in [-0.2, 0) is 9.53 Å². The Labute approximate surface area is 119 Å². The number of piperazine rings is 1. The molecule has 0 spiro atoms. The van der Waals surface area contributed by atoms with E-state index in [1.54, 1.807) is 7.11 Å². The highest BCUT2D eigenvalue weighted by Crippen LogP contribution is 2.24. The molecule has 2 aliphatic rings. The summed E-state index contributed by atoms with van der Waals surface area (Å²) >= 11 is 0. The van der Waals surface area contributed by atoms with Crippen LogP contribution in [0.1, 0.15) is 6.42 Å². The molecule has 108 valence electrons. The SMILES string of the molecule is COc1cccc(N2CCN([C@@H]3CCOC3)CC2=O)c1. The van der Waals surface area contributed by atoms with Crippen LogP contribution < -0.4 is 9.64 Å². The third-order valence-electron chi connectivity index (χ3n) is 4.04. The molecule has 2 saturated heterocycles. The topological polar surface area (TPSA) is 42.0 Å². The Hall–Kier alpha value is -1.59. The first kappa shape index (κ1) is 13.4. The summed E-state index contributed by atoms with van der Waals surface area (Å²) in [5, 5.41) is 0. The third-order valence-corrected chi connectivity index (χ3v) is 4.04. The van der Waals surface area contributed by atoms with Gasteiger partial charge in [0.15, 0.2) is 0 Å². The molecule has 1 aromatic carbocycles. The number of carbonyl (C=O) groups is 1. The second-order valence-corrected chi connectivity index (χ2v) is 5.23. The van der Waals surface area contributed by atoms with Gasteiger partial charge in [-0.05, 0) is 18.6 Å². The highest BCUT2D eigenvalue weighted by molar-refractivity contribution is 5.95. The van der Waals surface area contributed by atoms with E-state index in [9.17, 15) is 4.79 Å². The van der Waals surface area contributed by atoms with Gasteiger partial charge in [0, 0.05) is 37.5 Å². The maximum atomic E-state index is 12.4. The van der Waals surface area contributed by atoms with Gasteiger partial charge in [-0.3, -0.25) is 9.69 Å². The van der Waals surface area contributed by atoms with Gasteiger partial charge in [-0.2, -0.15) is 0 Å². The molecule has 0 aliphatic carbocycles. The zero-order valence-corrected chi connectivity index (χ0v) is 11.7. The molecule has 20 heavy (non-hydrogen) atoms. The molecule has 0 radical (unpaired) electrons. The van der Waals surface area contributed by atoms with E-state index in [-0.39, 0.29) is 5.91 Å². The lowest BCUT2D eigenvalue weighted by molar-refractivity contribution is -0.122. The number of carbonyl (C=O) groups excluding carboxylic acids is 1. The van der Waals surface area contributed by atoms with Crippen LogP contribution in [0.2, 0.25) is 0 Å². The summed E-state index contributed by atoms with van der Waals surface area (Å²) in [5.74, 6) is 0.929. The molecule has 2 fully saturated rings. The monoisotopic (exact) mass is 276 g/mol. The van der Waals surface area contributed by atoms with E-state index >= 15 is 0 Å². The quantitative estimate of drug-likeness (QED) is 0.830. The molecule has 2 heterocycles. The van der Waals surface area contributed by atoms with Crippen molar-refractivity contribution in [3.05, 3.63) is 24.3 Å². The lowest BCUT2D eigenvalue weighted by Crippen LogP contribution is -2.53. The van der Waals surface area contributed by atoms with Crippen molar-refractivity contribution in [2.45, 2.75) is 12.5 Å². The van der Waals surface area contributed by atoms with Crippen molar-refractivity contribution in [3.8, 4) is 5.75 Å². The zero-order chi connectivity index (χ0) is 13.9. The van der Waals surface area contributed by atoms with Crippen LogP contribution in [0, 0.1) is 0 Å². The van der Waals surface area contributed by atoms with Gasteiger partial charge in [0.25, 0.3) is 0 Å². The fourth-order valence-electron chi connectivity index (χ4n) is 2.86. The summed E-state index contributed by atoms with van der Waals surface area (Å²) in [4.78, 5) is 16.4. The van der Waals surface area contributed by atoms with Gasteiger partial charge in [-0.25, -0.2) is 0 Å². The number of hydrogen-bond donors (Lipinski definition) is 0. The third kappa shape index (κ3) is 2.64. The molecular formula is C15H20N2O3. The van der Waals surface area contributed by atoms with Gasteiger partial charge in [0.2, 0.25) is 5.91 Å². The molecule has 3 rings (SSSR count). The second kappa shape index (κ2) is 5.81. The predicted octanol–water partition coefficient (Wildman–Crippen LogP) is 1.13. The maximum Gasteiger partial charge on any atom is 0.241 e. The number of rotatable bonds is 3. The van der Waals surface area contributed by atoms with Crippen LogP contribution in [0.15, 0.2) is 24.3 Å². The van der Waals surface area contributed by atoms with Crippen LogP contribution in [0.5, 0.6) is 5.75 Å². The lowest BCUT2D eigenvalue weighted by Gasteiger charge is -2.37. The Morgan fingerprint density at radius 1 is 1.35 bits per heavy atom. The number of anilines is 1. The standard InChI is InChI=1S/C15H20N2O3/c1-19-14-4-2-3-12(9-14)17-7-6-16(10-15(17)18)13-5-8-20-11-13/h2-4,9,13H,5-8,10-11H2,1H3/t13-/m1/s1. The highest BCUT2D eigenvalue weighted by Gasteiger charge is 2.31. The van der Waals surface area contributed by atoms with E-state index in [0.29, 0.717) is 12.6 Å². The van der Waals surface area contributed by atoms with Crippen LogP contribution in [-0.4, -0.2) is 56.8 Å². The zero-order valence-electron chi connectivity index (χ0n) is 11.7. The summed E-state index contributed by atoms with van der Waals surface area (Å²) in [6.07, 6.45) is 1.03. The van der Waals surface area contributed by atoms with Crippen LogP contribution in [0.3, 0.4) is 0 Å². The summed E-state index contributed by atoms with van der Waals surface area (Å²) < 4.78 is 10.6. The fourth-order valence-corrected chi connectivity index (χ4v) is 2.86. The number of amides is 1. The molecule has 0 bridgehead atoms. The van der Waals surface area contributed by atoms with Gasteiger partial charge in [-0.1, -0.05) is 6.07 Å². The Bertz CT molecular complexity index is 486. The van der Waals surface area contributed by atoms with Crippen molar-refractivity contribution in [1.29, 1.82) is 0 Å². The van der Waals surface area contributed by atoms with E-state index in [0.717, 1.165) is 44.2 Å². The van der Waals surface area contributed by atoms with Gasteiger partial charge in [0.05, 0.1) is 20.3 Å². The molecule has 1 atom stereocenters. The van der Waals surface area contributed by atoms with E-state index in [2.05, 4.69) is 4.90 Å². The normalized spacial score (nSPS) is 24.1. The van der Waals surface area contributed by atoms with Crippen molar-refractivity contribution < 1.29 is 14.3 Å². The summed E-state index contributed by atoms with van der Waals surface area (Å²) in [5.41, 5.74) is 0.914. The average Bonchev–Trinajstić information content (AvgIpc) is 3.01.